The molecule has 0 aliphatic heterocycles. The predicted molar refractivity (Wildman–Crippen MR) is 128 cm³/mol. The summed E-state index contributed by atoms with van der Waals surface area (Å²) >= 11 is 0. The maximum Gasteiger partial charge on any atom is 0.407 e. The Kier molecular flexibility index (Phi) is 24.3. The molecule has 0 saturated heterocycles. The zero-order chi connectivity index (χ0) is 25.2. The molecule has 0 radical (unpaired) electrons. The van der Waals surface area contributed by atoms with Gasteiger partial charge in [-0.1, -0.05) is 0 Å². The normalized spacial score (nSPS) is 11.6. The lowest BCUT2D eigenvalue weighted by atomic mass is 10.2. The number of alkyl carbamates (subject to hydrolysis) is 1. The van der Waals surface area contributed by atoms with Crippen LogP contribution in [0.1, 0.15) is 33.6 Å². The fourth-order valence-corrected chi connectivity index (χ4v) is 2.29. The van der Waals surface area contributed by atoms with Crippen molar-refractivity contribution in [2.45, 2.75) is 39.2 Å². The quantitative estimate of drug-likeness (QED) is 0.179. The number of ether oxygens (including phenoxy) is 8. The Hall–Kier alpha value is -1.05. The average molecular weight is 497 g/mol. The van der Waals surface area contributed by atoms with Crippen LogP contribution in [0.4, 0.5) is 4.79 Å². The molecule has 0 unspecified atom stereocenters. The third-order valence-corrected chi connectivity index (χ3v) is 3.86. The number of nitrogens with one attached hydrogen (secondary N) is 1. The van der Waals surface area contributed by atoms with Crippen molar-refractivity contribution >= 4 is 6.09 Å². The first kappa shape index (κ1) is 33.0. The molecule has 0 heterocycles. The predicted octanol–water partition coefficient (Wildman–Crippen LogP) is 1.37. The summed E-state index contributed by atoms with van der Waals surface area (Å²) < 4.78 is 43.0. The van der Waals surface area contributed by atoms with E-state index >= 15 is 0 Å². The minimum absolute atomic E-state index is 0.410. The van der Waals surface area contributed by atoms with Crippen LogP contribution in [-0.4, -0.2) is 117 Å². The maximum absolute atomic E-state index is 11.5. The Balaban J connectivity index is 3.10. The molecule has 1 amide bonds. The number of hydrogen-bond acceptors (Lipinski definition) is 10. The molecule has 0 aromatic rings. The van der Waals surface area contributed by atoms with Crippen LogP contribution in [0.3, 0.4) is 0 Å². The third-order valence-electron chi connectivity index (χ3n) is 3.86. The SMILES string of the molecule is CC(C)(C)OC(=O)NCCCOCCOCCOCCOCCOCCOCCOCCCN. The van der Waals surface area contributed by atoms with Crippen molar-refractivity contribution in [3.63, 3.8) is 0 Å². The Morgan fingerprint density at radius 2 is 0.912 bits per heavy atom. The van der Waals surface area contributed by atoms with E-state index in [1.165, 1.54) is 0 Å². The van der Waals surface area contributed by atoms with E-state index < -0.39 is 11.7 Å². The molecule has 34 heavy (non-hydrogen) atoms. The molecule has 0 fully saturated rings. The van der Waals surface area contributed by atoms with E-state index in [1.54, 1.807) is 0 Å². The second-order valence-corrected chi connectivity index (χ2v) is 8.21. The highest BCUT2D eigenvalue weighted by Gasteiger charge is 2.15. The molecule has 0 bridgehead atoms. The van der Waals surface area contributed by atoms with Gasteiger partial charge >= 0.3 is 6.09 Å². The largest absolute Gasteiger partial charge is 0.444 e. The number of hydrogen-bond donors (Lipinski definition) is 2. The van der Waals surface area contributed by atoms with Crippen molar-refractivity contribution in [1.29, 1.82) is 0 Å². The highest BCUT2D eigenvalue weighted by atomic mass is 16.6. The van der Waals surface area contributed by atoms with Gasteiger partial charge in [0.2, 0.25) is 0 Å². The van der Waals surface area contributed by atoms with Gasteiger partial charge in [-0.05, 0) is 40.2 Å². The van der Waals surface area contributed by atoms with Crippen LogP contribution in [0.25, 0.3) is 0 Å². The van der Waals surface area contributed by atoms with Gasteiger partial charge in [-0.15, -0.1) is 0 Å². The van der Waals surface area contributed by atoms with Crippen LogP contribution in [0.15, 0.2) is 0 Å². The van der Waals surface area contributed by atoms with Gasteiger partial charge in [0.1, 0.15) is 5.60 Å². The monoisotopic (exact) mass is 496 g/mol. The van der Waals surface area contributed by atoms with Crippen molar-refractivity contribution in [3.8, 4) is 0 Å². The lowest BCUT2D eigenvalue weighted by Gasteiger charge is -2.19. The van der Waals surface area contributed by atoms with Crippen LogP contribution < -0.4 is 11.1 Å². The van der Waals surface area contributed by atoms with Gasteiger partial charge in [-0.2, -0.15) is 0 Å². The highest BCUT2D eigenvalue weighted by molar-refractivity contribution is 5.67. The number of carbonyl (C=O) groups excluding carboxylic acids is 1. The Labute approximate surface area is 205 Å². The summed E-state index contributed by atoms with van der Waals surface area (Å²) in [5.74, 6) is 0. The van der Waals surface area contributed by atoms with Crippen molar-refractivity contribution < 1.29 is 42.7 Å². The van der Waals surface area contributed by atoms with Crippen LogP contribution in [0.5, 0.6) is 0 Å². The average Bonchev–Trinajstić information content (AvgIpc) is 2.78. The lowest BCUT2D eigenvalue weighted by Crippen LogP contribution is -2.33. The summed E-state index contributed by atoms with van der Waals surface area (Å²) in [5.41, 5.74) is 4.89. The summed E-state index contributed by atoms with van der Waals surface area (Å²) in [5, 5.41) is 2.69. The fourth-order valence-electron chi connectivity index (χ4n) is 2.29. The van der Waals surface area contributed by atoms with Crippen molar-refractivity contribution in [2.75, 3.05) is 106 Å². The molecular weight excluding hydrogens is 448 g/mol. The lowest BCUT2D eigenvalue weighted by molar-refractivity contribution is -0.0205. The summed E-state index contributed by atoms with van der Waals surface area (Å²) in [4.78, 5) is 11.5. The van der Waals surface area contributed by atoms with E-state index in [9.17, 15) is 4.79 Å². The molecule has 0 saturated carbocycles. The molecule has 0 rings (SSSR count). The summed E-state index contributed by atoms with van der Waals surface area (Å²) in [6.45, 7) is 14.2. The van der Waals surface area contributed by atoms with E-state index in [2.05, 4.69) is 5.32 Å². The number of nitrogens with two attached hydrogens (primary N) is 1. The van der Waals surface area contributed by atoms with E-state index in [0.29, 0.717) is 112 Å². The fraction of sp³-hybridized carbons (Fsp3) is 0.957. The van der Waals surface area contributed by atoms with Crippen LogP contribution in [0.2, 0.25) is 0 Å². The highest BCUT2D eigenvalue weighted by Crippen LogP contribution is 2.06. The zero-order valence-corrected chi connectivity index (χ0v) is 21.5. The first-order chi connectivity index (χ1) is 16.5. The molecular formula is C23H48N2O9. The van der Waals surface area contributed by atoms with Gasteiger partial charge < -0.3 is 48.9 Å². The van der Waals surface area contributed by atoms with E-state index in [4.69, 9.17) is 43.6 Å². The van der Waals surface area contributed by atoms with Crippen molar-refractivity contribution in [2.24, 2.45) is 5.73 Å². The Morgan fingerprint density at radius 1 is 0.588 bits per heavy atom. The molecule has 204 valence electrons. The van der Waals surface area contributed by atoms with E-state index in [0.717, 1.165) is 6.42 Å². The molecule has 11 heteroatoms. The van der Waals surface area contributed by atoms with Gasteiger partial charge in [0.05, 0.1) is 79.3 Å². The minimum Gasteiger partial charge on any atom is -0.444 e. The van der Waals surface area contributed by atoms with Gasteiger partial charge in [0, 0.05) is 19.8 Å². The molecule has 0 aromatic carbocycles. The van der Waals surface area contributed by atoms with Gasteiger partial charge in [0.15, 0.2) is 0 Å². The molecule has 0 aromatic heterocycles. The number of amides is 1. The van der Waals surface area contributed by atoms with E-state index in [1.807, 2.05) is 20.8 Å². The van der Waals surface area contributed by atoms with Crippen LogP contribution >= 0.6 is 0 Å². The van der Waals surface area contributed by atoms with Gasteiger partial charge in [-0.25, -0.2) is 4.79 Å². The molecule has 0 aliphatic carbocycles. The maximum atomic E-state index is 11.5. The standard InChI is InChI=1S/C23H48N2O9/c1-23(2,3)34-22(26)25-7-5-9-28-11-13-30-15-17-32-19-21-33-20-18-31-16-14-29-12-10-27-8-4-6-24/h4-21,24H2,1-3H3,(H,25,26). The summed E-state index contributed by atoms with van der Waals surface area (Å²) in [6.07, 6.45) is 1.18. The molecule has 3 N–H and O–H groups in total. The van der Waals surface area contributed by atoms with Crippen LogP contribution in [0, 0.1) is 0 Å². The van der Waals surface area contributed by atoms with E-state index in [-0.39, 0.29) is 0 Å². The van der Waals surface area contributed by atoms with Crippen molar-refractivity contribution in [1.82, 2.24) is 5.32 Å². The smallest absolute Gasteiger partial charge is 0.407 e. The first-order valence-electron chi connectivity index (χ1n) is 12.2. The van der Waals surface area contributed by atoms with Crippen molar-refractivity contribution in [3.05, 3.63) is 0 Å². The first-order valence-corrected chi connectivity index (χ1v) is 12.2. The minimum atomic E-state index is -0.485. The summed E-state index contributed by atoms with van der Waals surface area (Å²) in [6, 6.07) is 0. The number of rotatable bonds is 25. The van der Waals surface area contributed by atoms with Gasteiger partial charge in [0.25, 0.3) is 0 Å². The zero-order valence-electron chi connectivity index (χ0n) is 21.5. The molecule has 0 aliphatic rings. The Morgan fingerprint density at radius 3 is 1.24 bits per heavy atom. The third kappa shape index (κ3) is 29.0. The summed E-state index contributed by atoms with van der Waals surface area (Å²) in [7, 11) is 0. The van der Waals surface area contributed by atoms with Crippen LogP contribution in [-0.2, 0) is 37.9 Å². The molecule has 0 atom stereocenters. The molecule has 0 spiro atoms. The molecule has 11 nitrogen and oxygen atoms in total. The second kappa shape index (κ2) is 25.1. The topological polar surface area (TPSA) is 129 Å². The van der Waals surface area contributed by atoms with Gasteiger partial charge in [-0.3, -0.25) is 0 Å². The number of carbonyl (C=O) groups is 1. The Bertz CT molecular complexity index is 437. The second-order valence-electron chi connectivity index (χ2n) is 8.21.